The first-order valence-corrected chi connectivity index (χ1v) is 51.8. The summed E-state index contributed by atoms with van der Waals surface area (Å²) in [6, 6.07) is 41.6. The summed E-state index contributed by atoms with van der Waals surface area (Å²) in [5.74, 6) is -1.20. The summed E-state index contributed by atoms with van der Waals surface area (Å²) in [4.78, 5) is 87.8. The molecular weight excluding hydrogens is 1740 g/mol. The van der Waals surface area contributed by atoms with Crippen LogP contribution in [0.4, 0.5) is 0 Å². The molecule has 3 aromatic heterocycles. The molecule has 6 saturated heterocycles. The minimum absolute atomic E-state index is 0.0116. The molecule has 2 unspecified atom stereocenters. The summed E-state index contributed by atoms with van der Waals surface area (Å²) in [6.07, 6.45) is 20.6. The van der Waals surface area contributed by atoms with Crippen LogP contribution in [0.15, 0.2) is 133 Å². The van der Waals surface area contributed by atoms with E-state index < -0.39 is 48.3 Å². The average molecular weight is 1860 g/mol. The van der Waals surface area contributed by atoms with Gasteiger partial charge >= 0.3 is 30.6 Å². The highest BCUT2D eigenvalue weighted by atomic mass is 32.2. The molecule has 6 aromatic carbocycles. The number of amides is 6. The predicted octanol–water partition coefficient (Wildman–Crippen LogP) is 11.3. The van der Waals surface area contributed by atoms with E-state index in [2.05, 4.69) is 76.4 Å². The summed E-state index contributed by atoms with van der Waals surface area (Å²) >= 11 is 0. The fourth-order valence-corrected chi connectivity index (χ4v) is 25.5. The Kier molecular flexibility index (Phi) is 27.5. The van der Waals surface area contributed by atoms with Gasteiger partial charge in [0, 0.05) is 163 Å². The highest BCUT2D eigenvalue weighted by Gasteiger charge is 2.41. The van der Waals surface area contributed by atoms with Gasteiger partial charge in [-0.1, -0.05) is 149 Å². The smallest absolute Gasteiger partial charge is 0.304 e. The van der Waals surface area contributed by atoms with E-state index in [4.69, 9.17) is 28.4 Å². The first-order chi connectivity index (χ1) is 64.2. The molecule has 0 bridgehead atoms. The second kappa shape index (κ2) is 39.9. The second-order valence-corrected chi connectivity index (χ2v) is 41.8. The molecule has 12 heterocycles. The number of carbonyl (C=O) groups is 6. The van der Waals surface area contributed by atoms with Crippen molar-refractivity contribution < 1.29 is 82.4 Å². The molecule has 0 radical (unpaired) electrons. The van der Waals surface area contributed by atoms with Gasteiger partial charge in [-0.05, 0) is 145 Å². The average Bonchev–Trinajstić information content (AvgIpc) is 1.58. The molecule has 30 nitrogen and oxygen atoms in total. The second-order valence-electron chi connectivity index (χ2n) is 36.8. The van der Waals surface area contributed by atoms with Crippen LogP contribution in [0.1, 0.15) is 179 Å². The lowest BCUT2D eigenvalue weighted by molar-refractivity contribution is -0.140. The molecule has 21 rings (SSSR count). The molecule has 3 N–H and O–H groups in total. The predicted molar refractivity (Wildman–Crippen MR) is 500 cm³/mol. The van der Waals surface area contributed by atoms with Gasteiger partial charge in [-0.3, -0.25) is 28.8 Å². The van der Waals surface area contributed by atoms with Crippen LogP contribution in [0.25, 0.3) is 72.6 Å². The molecule has 3 saturated carbocycles. The van der Waals surface area contributed by atoms with Gasteiger partial charge in [-0.15, -0.1) is 0 Å². The zero-order chi connectivity index (χ0) is 90.8. The molecule has 3 aliphatic carbocycles. The summed E-state index contributed by atoms with van der Waals surface area (Å²) in [7, 11) is -12.0. The van der Waals surface area contributed by atoms with Crippen LogP contribution in [0.2, 0.25) is 0 Å². The van der Waals surface area contributed by atoms with Crippen LogP contribution in [0.5, 0.6) is 0 Å². The molecule has 6 amide bonds. The van der Waals surface area contributed by atoms with E-state index in [-0.39, 0.29) is 85.5 Å². The molecule has 9 fully saturated rings. The number of benzene rings is 6. The van der Waals surface area contributed by atoms with Gasteiger partial charge in [0.05, 0.1) is 115 Å². The zero-order valence-electron chi connectivity index (χ0n) is 74.8. The lowest BCUT2D eigenvalue weighted by Crippen LogP contribution is -2.48. The van der Waals surface area contributed by atoms with Crippen LogP contribution in [-0.4, -0.2) is 260 Å². The van der Waals surface area contributed by atoms with Crippen molar-refractivity contribution in [3.63, 3.8) is 0 Å². The first-order valence-electron chi connectivity index (χ1n) is 47.5. The van der Waals surface area contributed by atoms with Gasteiger partial charge in [-0.25, -0.2) is 14.2 Å². The van der Waals surface area contributed by atoms with Crippen molar-refractivity contribution in [1.82, 2.24) is 55.5 Å². The highest BCUT2D eigenvalue weighted by Crippen LogP contribution is 2.51. The third kappa shape index (κ3) is 19.0. The number of fused-ring (bicyclic) bond motifs is 15. The Hall–Kier alpha value is -10.0. The van der Waals surface area contributed by atoms with Crippen molar-refractivity contribution in [1.29, 1.82) is 0 Å². The van der Waals surface area contributed by atoms with Crippen LogP contribution in [0, 0.1) is 11.8 Å². The largest absolute Gasteiger partial charge is 0.379 e. The molecule has 12 aliphatic rings. The number of morpholine rings is 6. The Morgan fingerprint density at radius 1 is 0.326 bits per heavy atom. The van der Waals surface area contributed by atoms with Crippen molar-refractivity contribution >= 4 is 105 Å². The third-order valence-corrected chi connectivity index (χ3v) is 33.3. The van der Waals surface area contributed by atoms with Gasteiger partial charge in [0.25, 0.3) is 23.6 Å². The summed E-state index contributed by atoms with van der Waals surface area (Å²) in [5.41, 5.74) is 17.9. The fraction of sp³-hybridized carbons (Fsp3) is 0.495. The van der Waals surface area contributed by atoms with E-state index in [9.17, 15) is 54.0 Å². The normalized spacial score (nSPS) is 21.2. The molecule has 9 aliphatic heterocycles. The van der Waals surface area contributed by atoms with E-state index in [1.165, 1.54) is 74.6 Å². The molecule has 700 valence electrons. The Bertz CT molecular complexity index is 5980. The number of hydrogen-bond acceptors (Lipinski definition) is 18. The van der Waals surface area contributed by atoms with Crippen molar-refractivity contribution in [2.45, 2.75) is 147 Å². The molecule has 0 spiro atoms. The maximum Gasteiger partial charge on any atom is 0.304 e. The fourth-order valence-electron chi connectivity index (χ4n) is 22.2. The molecule has 33 heteroatoms. The summed E-state index contributed by atoms with van der Waals surface area (Å²) in [5, 5.41) is 3.21. The quantitative estimate of drug-likeness (QED) is 0.0858. The third-order valence-electron chi connectivity index (χ3n) is 28.8. The van der Waals surface area contributed by atoms with E-state index in [0.29, 0.717) is 174 Å². The lowest BCUT2D eigenvalue weighted by Gasteiger charge is -2.30. The van der Waals surface area contributed by atoms with E-state index in [1.54, 1.807) is 24.3 Å². The topological polar surface area (TPSA) is 331 Å². The van der Waals surface area contributed by atoms with Gasteiger partial charge in [-0.2, -0.15) is 38.2 Å². The highest BCUT2D eigenvalue weighted by molar-refractivity contribution is 7.88. The number of ether oxygens (including phenoxy) is 6. The lowest BCUT2D eigenvalue weighted by atomic mass is 9.81. The summed E-state index contributed by atoms with van der Waals surface area (Å²) < 4.78 is 128. The molecule has 132 heavy (non-hydrogen) atoms. The van der Waals surface area contributed by atoms with Crippen molar-refractivity contribution in [3.8, 4) is 33.8 Å². The Morgan fingerprint density at radius 2 is 0.629 bits per heavy atom. The van der Waals surface area contributed by atoms with Crippen LogP contribution in [-0.2, 0) is 106 Å². The van der Waals surface area contributed by atoms with Gasteiger partial charge < -0.3 is 56.8 Å². The van der Waals surface area contributed by atoms with Gasteiger partial charge in [0.2, 0.25) is 11.8 Å². The minimum Gasteiger partial charge on any atom is -0.379 e. The minimum atomic E-state index is -4.01. The number of rotatable bonds is 15. The first kappa shape index (κ1) is 91.1. The number of hydrogen-bond donors (Lipinski definition) is 3. The van der Waals surface area contributed by atoms with Crippen molar-refractivity contribution in [2.75, 3.05) is 158 Å². The van der Waals surface area contributed by atoms with Gasteiger partial charge in [0.15, 0.2) is 0 Å². The van der Waals surface area contributed by atoms with Crippen molar-refractivity contribution in [3.05, 3.63) is 183 Å². The van der Waals surface area contributed by atoms with E-state index in [0.717, 1.165) is 135 Å². The Labute approximate surface area is 771 Å². The monoisotopic (exact) mass is 1860 g/mol. The van der Waals surface area contributed by atoms with E-state index >= 15 is 0 Å². The molecular formula is C99H118N12O18S3. The number of carbonyl (C=O) groups excluding carboxylic acids is 6. The Balaban J connectivity index is 0.000000128. The SMILES string of the molecule is O=C(NS(=O)(=O)N1CCOCC1)c1ccc2c(C3CCCCC3)c3n(c2c1)CC(C(=O)N1CCOCC1)=Cc1ccccc1-3.O=C(NS(=O)(=O)N1CCOCC1)c1ccc2c(C3CCCCC3)c3n(c2c1)CC(C(=O)N1CCOCC1)Cc1ccccc1-3.O=C(NS(=O)(=O)N1CCOCC1)c1ccc2c(C3CCCCC3)c3n(c2c1)CC(C(=O)N1CCOCC1)Cc1ccccc1-3. The summed E-state index contributed by atoms with van der Waals surface area (Å²) in [6.45, 7) is 11.0. The van der Waals surface area contributed by atoms with Crippen LogP contribution < -0.4 is 14.2 Å². The number of aromatic nitrogens is 3. The maximum absolute atomic E-state index is 14.0. The van der Waals surface area contributed by atoms with Crippen LogP contribution in [0.3, 0.4) is 0 Å². The van der Waals surface area contributed by atoms with Crippen molar-refractivity contribution in [2.24, 2.45) is 11.8 Å². The van der Waals surface area contributed by atoms with E-state index in [1.807, 2.05) is 75.4 Å². The van der Waals surface area contributed by atoms with Gasteiger partial charge in [0.1, 0.15) is 0 Å². The standard InChI is InChI=1S/2C33H40N4O6S.C33H38N4O6S/c3*38-32(34-44(40,41)36-14-18-43-19-15-36)25-10-11-28-29(21-25)37-22-26(33(39)35-12-16-42-17-13-35)20-24-8-4-5-9-27(24)31(37)30(28)23-6-2-1-3-7-23/h2*4-5,8-11,21,23,26H,1-3,6-7,12-20,22H2,(H,34,38);4-5,8-11,20-21,23H,1-3,6-7,12-19,22H2,(H,34,38). The maximum atomic E-state index is 14.0. The zero-order valence-corrected chi connectivity index (χ0v) is 77.2. The molecule has 9 aromatic rings. The number of nitrogens with zero attached hydrogens (tertiary/aromatic N) is 9. The van der Waals surface area contributed by atoms with Crippen LogP contribution >= 0.6 is 0 Å². The Morgan fingerprint density at radius 3 is 0.985 bits per heavy atom. The molecule has 2 atom stereocenters. The number of nitrogens with one attached hydrogen (secondary N) is 3.